The van der Waals surface area contributed by atoms with Gasteiger partial charge in [-0.15, -0.1) is 0 Å². The lowest BCUT2D eigenvalue weighted by molar-refractivity contribution is -0.156. The number of nitrogens with zero attached hydrogens (tertiary/aromatic N) is 2. The van der Waals surface area contributed by atoms with Crippen molar-refractivity contribution < 1.29 is 13.2 Å². The van der Waals surface area contributed by atoms with Crippen molar-refractivity contribution in [1.29, 1.82) is 5.26 Å². The summed E-state index contributed by atoms with van der Waals surface area (Å²) in [6.45, 7) is 1.61. The molecule has 1 aromatic rings. The fraction of sp³-hybridized carbons (Fsp3) is 0.500. The summed E-state index contributed by atoms with van der Waals surface area (Å²) in [6, 6.07) is 8.86. The summed E-state index contributed by atoms with van der Waals surface area (Å²) in [7, 11) is 0. The van der Waals surface area contributed by atoms with Gasteiger partial charge in [-0.05, 0) is 31.4 Å². The quantitative estimate of drug-likeness (QED) is 0.820. The van der Waals surface area contributed by atoms with Gasteiger partial charge < -0.3 is 4.90 Å². The van der Waals surface area contributed by atoms with Crippen molar-refractivity contribution in [3.8, 4) is 6.07 Å². The predicted octanol–water partition coefficient (Wildman–Crippen LogP) is 3.53. The Hall–Kier alpha value is -1.70. The Labute approximate surface area is 110 Å². The minimum Gasteiger partial charge on any atom is -0.367 e. The molecule has 0 radical (unpaired) electrons. The molecule has 0 saturated carbocycles. The van der Waals surface area contributed by atoms with Crippen LogP contribution in [0.3, 0.4) is 0 Å². The molecule has 0 saturated heterocycles. The largest absolute Gasteiger partial charge is 0.406 e. The monoisotopic (exact) mass is 268 g/mol. The number of hydrogen-bond donors (Lipinski definition) is 0. The molecule has 0 aromatic heterocycles. The summed E-state index contributed by atoms with van der Waals surface area (Å²) >= 11 is 0. The highest BCUT2D eigenvalue weighted by molar-refractivity contribution is 5.56. The number of para-hydroxylation sites is 1. The summed E-state index contributed by atoms with van der Waals surface area (Å²) in [5.41, 5.74) is 1.88. The van der Waals surface area contributed by atoms with Crippen LogP contribution in [0, 0.1) is 17.2 Å². The van der Waals surface area contributed by atoms with Gasteiger partial charge in [-0.2, -0.15) is 18.4 Å². The van der Waals surface area contributed by atoms with E-state index < -0.39 is 12.1 Å². The van der Waals surface area contributed by atoms with Crippen molar-refractivity contribution in [1.82, 2.24) is 0 Å². The van der Waals surface area contributed by atoms with E-state index in [1.165, 1.54) is 6.07 Å². The molecule has 0 aliphatic carbocycles. The van der Waals surface area contributed by atoms with E-state index in [4.69, 9.17) is 5.26 Å². The van der Waals surface area contributed by atoms with Crippen LogP contribution >= 0.6 is 0 Å². The first-order valence-electron chi connectivity index (χ1n) is 6.24. The van der Waals surface area contributed by atoms with Gasteiger partial charge in [0.1, 0.15) is 0 Å². The highest BCUT2D eigenvalue weighted by Gasteiger charge is 2.42. The van der Waals surface area contributed by atoms with Gasteiger partial charge in [-0.3, -0.25) is 0 Å². The second-order valence-corrected chi connectivity index (χ2v) is 4.89. The molecular weight excluding hydrogens is 253 g/mol. The number of fused-ring (bicyclic) bond motifs is 1. The number of nitriles is 1. The Morgan fingerprint density at radius 3 is 2.74 bits per heavy atom. The van der Waals surface area contributed by atoms with E-state index in [1.807, 2.05) is 31.2 Å². The fourth-order valence-corrected chi connectivity index (χ4v) is 2.45. The van der Waals surface area contributed by atoms with Gasteiger partial charge >= 0.3 is 6.18 Å². The van der Waals surface area contributed by atoms with Crippen LogP contribution < -0.4 is 4.90 Å². The minimum atomic E-state index is -4.47. The average Bonchev–Trinajstić information content (AvgIpc) is 2.36. The lowest BCUT2D eigenvalue weighted by atomic mass is 9.95. The van der Waals surface area contributed by atoms with Crippen LogP contribution in [-0.4, -0.2) is 18.8 Å². The molecule has 102 valence electrons. The lowest BCUT2D eigenvalue weighted by Crippen LogP contribution is -2.43. The molecule has 0 bridgehead atoms. The highest BCUT2D eigenvalue weighted by atomic mass is 19.4. The molecule has 19 heavy (non-hydrogen) atoms. The third-order valence-electron chi connectivity index (χ3n) is 3.59. The number of rotatable bonds is 2. The molecular formula is C14H15F3N2. The van der Waals surface area contributed by atoms with E-state index in [0.29, 0.717) is 0 Å². The third kappa shape index (κ3) is 2.83. The Morgan fingerprint density at radius 2 is 2.11 bits per heavy atom. The minimum absolute atomic E-state index is 0.0214. The van der Waals surface area contributed by atoms with Gasteiger partial charge in [-0.25, -0.2) is 0 Å². The van der Waals surface area contributed by atoms with Crippen LogP contribution in [0.5, 0.6) is 0 Å². The van der Waals surface area contributed by atoms with E-state index in [1.54, 1.807) is 4.90 Å². The lowest BCUT2D eigenvalue weighted by Gasteiger charge is -2.38. The van der Waals surface area contributed by atoms with Crippen LogP contribution in [0.2, 0.25) is 0 Å². The Balaban J connectivity index is 2.27. The molecule has 2 unspecified atom stereocenters. The highest BCUT2D eigenvalue weighted by Crippen LogP contribution is 2.34. The van der Waals surface area contributed by atoms with Gasteiger partial charge in [0.05, 0.1) is 6.07 Å². The molecule has 1 aromatic carbocycles. The second kappa shape index (κ2) is 5.12. The first kappa shape index (κ1) is 13.7. The zero-order valence-corrected chi connectivity index (χ0v) is 10.6. The Morgan fingerprint density at radius 1 is 1.42 bits per heavy atom. The zero-order chi connectivity index (χ0) is 14.0. The van der Waals surface area contributed by atoms with E-state index in [-0.39, 0.29) is 12.6 Å². The first-order chi connectivity index (χ1) is 8.93. The van der Waals surface area contributed by atoms with Crippen molar-refractivity contribution in [2.24, 2.45) is 5.92 Å². The number of benzene rings is 1. The maximum Gasteiger partial charge on any atom is 0.406 e. The molecule has 0 N–H and O–H groups in total. The summed E-state index contributed by atoms with van der Waals surface area (Å²) in [6.07, 6.45) is -2.79. The second-order valence-electron chi connectivity index (χ2n) is 4.89. The molecule has 2 atom stereocenters. The van der Waals surface area contributed by atoms with Gasteiger partial charge in [0.2, 0.25) is 0 Å². The van der Waals surface area contributed by atoms with E-state index in [9.17, 15) is 13.2 Å². The molecule has 1 aliphatic heterocycles. The molecule has 0 fully saturated rings. The SMILES string of the molecule is CC1CCc2ccccc2N1CC(C#N)C(F)(F)F. The van der Waals surface area contributed by atoms with Crippen molar-refractivity contribution in [2.75, 3.05) is 11.4 Å². The fourth-order valence-electron chi connectivity index (χ4n) is 2.45. The maximum absolute atomic E-state index is 12.7. The predicted molar refractivity (Wildman–Crippen MR) is 66.7 cm³/mol. The maximum atomic E-state index is 12.7. The van der Waals surface area contributed by atoms with Crippen molar-refractivity contribution >= 4 is 5.69 Å². The van der Waals surface area contributed by atoms with Crippen molar-refractivity contribution in [3.05, 3.63) is 29.8 Å². The number of alkyl halides is 3. The van der Waals surface area contributed by atoms with Gasteiger partial charge in [0.15, 0.2) is 5.92 Å². The molecule has 1 heterocycles. The summed E-state index contributed by atoms with van der Waals surface area (Å²) in [5.74, 6) is -1.94. The number of hydrogen-bond acceptors (Lipinski definition) is 2. The molecule has 2 rings (SSSR count). The van der Waals surface area contributed by atoms with Crippen LogP contribution in [-0.2, 0) is 6.42 Å². The van der Waals surface area contributed by atoms with E-state index in [2.05, 4.69) is 0 Å². The van der Waals surface area contributed by atoms with Crippen LogP contribution in [0.15, 0.2) is 24.3 Å². The standard InChI is InChI=1S/C14H15F3N2/c1-10-6-7-11-4-2-3-5-13(11)19(10)9-12(8-18)14(15,16)17/h2-5,10,12H,6-7,9H2,1H3. The molecule has 5 heteroatoms. The average molecular weight is 268 g/mol. The molecule has 0 amide bonds. The van der Waals surface area contributed by atoms with Crippen molar-refractivity contribution in [2.45, 2.75) is 32.0 Å². The molecule has 2 nitrogen and oxygen atoms in total. The van der Waals surface area contributed by atoms with Gasteiger partial charge in [-0.1, -0.05) is 18.2 Å². The molecule has 0 spiro atoms. The van der Waals surface area contributed by atoms with Gasteiger partial charge in [0.25, 0.3) is 0 Å². The number of anilines is 1. The normalized spacial score (nSPS) is 20.6. The smallest absolute Gasteiger partial charge is 0.367 e. The van der Waals surface area contributed by atoms with Crippen LogP contribution in [0.4, 0.5) is 18.9 Å². The van der Waals surface area contributed by atoms with Crippen LogP contribution in [0.25, 0.3) is 0 Å². The van der Waals surface area contributed by atoms with E-state index >= 15 is 0 Å². The Kier molecular flexibility index (Phi) is 3.70. The number of halogens is 3. The first-order valence-corrected chi connectivity index (χ1v) is 6.24. The van der Waals surface area contributed by atoms with Gasteiger partial charge in [0, 0.05) is 18.3 Å². The number of aryl methyl sites for hydroxylation is 1. The Bertz CT molecular complexity index is 490. The van der Waals surface area contributed by atoms with Crippen LogP contribution in [0.1, 0.15) is 18.9 Å². The third-order valence-corrected chi connectivity index (χ3v) is 3.59. The zero-order valence-electron chi connectivity index (χ0n) is 10.6. The topological polar surface area (TPSA) is 27.0 Å². The van der Waals surface area contributed by atoms with Crippen molar-refractivity contribution in [3.63, 3.8) is 0 Å². The molecule has 1 aliphatic rings. The van der Waals surface area contributed by atoms with E-state index in [0.717, 1.165) is 24.1 Å². The summed E-state index contributed by atoms with van der Waals surface area (Å²) < 4.78 is 38.2. The summed E-state index contributed by atoms with van der Waals surface area (Å²) in [4.78, 5) is 1.71. The summed E-state index contributed by atoms with van der Waals surface area (Å²) in [5, 5.41) is 8.73.